The van der Waals surface area contributed by atoms with Crippen LogP contribution in [0.1, 0.15) is 89.9 Å². The summed E-state index contributed by atoms with van der Waals surface area (Å²) in [5.41, 5.74) is 4.48. The number of allylic oxidation sites excluding steroid dienone is 3. The molecule has 6 rings (SSSR count). The van der Waals surface area contributed by atoms with Gasteiger partial charge in [0.15, 0.2) is 5.78 Å². The molecule has 0 aliphatic carbocycles. The first-order valence-electron chi connectivity index (χ1n) is 15.7. The third kappa shape index (κ3) is 6.11. The maximum absolute atomic E-state index is 13.6. The van der Waals surface area contributed by atoms with E-state index in [4.69, 9.17) is 9.47 Å². The summed E-state index contributed by atoms with van der Waals surface area (Å²) in [5, 5.41) is 63.7. The second kappa shape index (κ2) is 12.6. The van der Waals surface area contributed by atoms with E-state index >= 15 is 0 Å². The van der Waals surface area contributed by atoms with Crippen molar-refractivity contribution in [2.75, 3.05) is 0 Å². The van der Waals surface area contributed by atoms with E-state index in [0.29, 0.717) is 40.8 Å². The van der Waals surface area contributed by atoms with Crippen LogP contribution in [0.15, 0.2) is 84.5 Å². The minimum Gasteiger partial charge on any atom is -0.508 e. The lowest BCUT2D eigenvalue weighted by atomic mass is 9.83. The van der Waals surface area contributed by atoms with Crippen LogP contribution in [0.2, 0.25) is 0 Å². The lowest BCUT2D eigenvalue weighted by molar-refractivity contribution is 0.0838. The minimum absolute atomic E-state index is 0.0220. The summed E-state index contributed by atoms with van der Waals surface area (Å²) in [7, 11) is 0. The van der Waals surface area contributed by atoms with Crippen LogP contribution in [0.25, 0.3) is 0 Å². The van der Waals surface area contributed by atoms with Gasteiger partial charge in [0.05, 0.1) is 12.3 Å². The Kier molecular flexibility index (Phi) is 8.47. The molecule has 0 spiro atoms. The Morgan fingerprint density at radius 1 is 0.812 bits per heavy atom. The summed E-state index contributed by atoms with van der Waals surface area (Å²) >= 11 is 0. The molecule has 0 saturated heterocycles. The van der Waals surface area contributed by atoms with Crippen LogP contribution in [0, 0.1) is 5.92 Å². The number of phenols is 6. The van der Waals surface area contributed by atoms with E-state index in [1.165, 1.54) is 36.4 Å². The largest absolute Gasteiger partial charge is 0.508 e. The number of Topliss-reactive ketones (excluding diaryl/α,β-unsaturated/α-hetero) is 1. The number of carbonyl (C=O) groups excluding carboxylic acids is 1. The molecule has 9 heteroatoms. The second-order valence-corrected chi connectivity index (χ2v) is 12.9. The Labute approximate surface area is 278 Å². The number of benzene rings is 4. The summed E-state index contributed by atoms with van der Waals surface area (Å²) in [6.07, 6.45) is 1.20. The first-order chi connectivity index (χ1) is 22.8. The Bertz CT molecular complexity index is 1930. The zero-order valence-electron chi connectivity index (χ0n) is 26.9. The number of carbonyl (C=O) groups is 1. The van der Waals surface area contributed by atoms with E-state index in [-0.39, 0.29) is 58.0 Å². The molecule has 0 radical (unpaired) electrons. The summed E-state index contributed by atoms with van der Waals surface area (Å²) in [4.78, 5) is 13.6. The molecule has 4 aromatic rings. The van der Waals surface area contributed by atoms with Crippen molar-refractivity contribution in [3.05, 3.63) is 118 Å². The molecule has 2 heterocycles. The van der Waals surface area contributed by atoms with Crippen molar-refractivity contribution in [1.29, 1.82) is 0 Å². The minimum atomic E-state index is -0.984. The quantitative estimate of drug-likeness (QED) is 0.104. The lowest BCUT2D eigenvalue weighted by Crippen LogP contribution is -2.22. The van der Waals surface area contributed by atoms with Gasteiger partial charge in [0.25, 0.3) is 0 Å². The highest BCUT2D eigenvalue weighted by Gasteiger charge is 2.41. The van der Waals surface area contributed by atoms with Crippen molar-refractivity contribution in [2.24, 2.45) is 5.92 Å². The van der Waals surface area contributed by atoms with Gasteiger partial charge in [-0.2, -0.15) is 0 Å². The standard InChI is InChI=1S/C39H38O9/c1-19(2)5-6-22(20(3)4)13-28-30(43)16-32(45)37-33(46)18-34(48-39(28)37)27-15-29-35(17-31(27)44)47-38(21-7-9-24(40)10-8-21)36(29)23-11-25(41)14-26(42)12-23/h5,7-12,14-17,22,34,36,38,40-45H,3,6,13,18H2,1-2,4H3/t22-,34?,36-,38+/m1/s1. The summed E-state index contributed by atoms with van der Waals surface area (Å²) in [6, 6.07) is 15.0. The summed E-state index contributed by atoms with van der Waals surface area (Å²) < 4.78 is 12.8. The molecule has 248 valence electrons. The van der Waals surface area contributed by atoms with Crippen LogP contribution in [0.3, 0.4) is 0 Å². The van der Waals surface area contributed by atoms with Crippen molar-refractivity contribution < 1.29 is 44.9 Å². The molecule has 4 aromatic carbocycles. The molecule has 0 fully saturated rings. The number of fused-ring (bicyclic) bond motifs is 2. The molecule has 1 unspecified atom stereocenters. The fourth-order valence-corrected chi connectivity index (χ4v) is 6.63. The molecule has 0 bridgehead atoms. The number of ketones is 1. The van der Waals surface area contributed by atoms with Gasteiger partial charge in [0, 0.05) is 34.9 Å². The van der Waals surface area contributed by atoms with Crippen molar-refractivity contribution >= 4 is 5.78 Å². The number of hydrogen-bond acceptors (Lipinski definition) is 9. The smallest absolute Gasteiger partial charge is 0.174 e. The first-order valence-corrected chi connectivity index (χ1v) is 15.7. The maximum atomic E-state index is 13.6. The zero-order valence-corrected chi connectivity index (χ0v) is 26.9. The van der Waals surface area contributed by atoms with Gasteiger partial charge in [-0.25, -0.2) is 0 Å². The van der Waals surface area contributed by atoms with Crippen molar-refractivity contribution in [3.63, 3.8) is 0 Å². The van der Waals surface area contributed by atoms with Gasteiger partial charge in [-0.05, 0) is 81.0 Å². The third-order valence-electron chi connectivity index (χ3n) is 9.11. The number of aromatic hydroxyl groups is 6. The van der Waals surface area contributed by atoms with E-state index in [2.05, 4.69) is 12.7 Å². The first kappa shape index (κ1) is 32.4. The number of phenolic OH excluding ortho intramolecular Hbond substituents is 6. The molecule has 6 N–H and O–H groups in total. The molecular weight excluding hydrogens is 612 g/mol. The van der Waals surface area contributed by atoms with Gasteiger partial charge in [-0.1, -0.05) is 35.9 Å². The van der Waals surface area contributed by atoms with Gasteiger partial charge in [0.2, 0.25) is 0 Å². The average molecular weight is 651 g/mol. The Hall–Kier alpha value is -5.57. The van der Waals surface area contributed by atoms with Gasteiger partial charge < -0.3 is 40.1 Å². The average Bonchev–Trinajstić information content (AvgIpc) is 3.37. The molecule has 0 saturated carbocycles. The highest BCUT2D eigenvalue weighted by atomic mass is 16.5. The van der Waals surface area contributed by atoms with Crippen LogP contribution in [0.4, 0.5) is 0 Å². The van der Waals surface area contributed by atoms with Gasteiger partial charge in [-0.3, -0.25) is 4.79 Å². The van der Waals surface area contributed by atoms with Crippen LogP contribution in [-0.4, -0.2) is 36.4 Å². The third-order valence-corrected chi connectivity index (χ3v) is 9.11. The molecule has 0 aromatic heterocycles. The monoisotopic (exact) mass is 650 g/mol. The Morgan fingerprint density at radius 3 is 2.15 bits per heavy atom. The molecule has 4 atom stereocenters. The Balaban J connectivity index is 1.44. The van der Waals surface area contributed by atoms with Crippen LogP contribution in [-0.2, 0) is 6.42 Å². The molecule has 9 nitrogen and oxygen atoms in total. The van der Waals surface area contributed by atoms with Gasteiger partial charge in [0.1, 0.15) is 63.8 Å². The zero-order chi connectivity index (χ0) is 34.4. The van der Waals surface area contributed by atoms with Crippen molar-refractivity contribution in [3.8, 4) is 46.0 Å². The van der Waals surface area contributed by atoms with Crippen molar-refractivity contribution in [1.82, 2.24) is 0 Å². The molecule has 48 heavy (non-hydrogen) atoms. The SMILES string of the molecule is C=C(C)[C@H](CC=C(C)C)Cc1c(O)cc(O)c2c1OC(c1cc3c(cc1O)O[C@@H](c1ccc(O)cc1)[C@@H]3c1cc(O)cc(O)c1)CC2=O. The fourth-order valence-electron chi connectivity index (χ4n) is 6.63. The molecule has 2 aliphatic rings. The predicted octanol–water partition coefficient (Wildman–Crippen LogP) is 7.98. The van der Waals surface area contributed by atoms with Crippen LogP contribution < -0.4 is 9.47 Å². The molecule has 2 aliphatic heterocycles. The van der Waals surface area contributed by atoms with Gasteiger partial charge in [-0.15, -0.1) is 0 Å². The second-order valence-electron chi connectivity index (χ2n) is 12.9. The number of ether oxygens (including phenoxy) is 2. The summed E-state index contributed by atoms with van der Waals surface area (Å²) in [6.45, 7) is 10.0. The summed E-state index contributed by atoms with van der Waals surface area (Å²) in [5.74, 6) is -1.68. The molecular formula is C39H38O9. The highest BCUT2D eigenvalue weighted by molar-refractivity contribution is 6.03. The maximum Gasteiger partial charge on any atom is 0.174 e. The van der Waals surface area contributed by atoms with E-state index in [0.717, 1.165) is 17.2 Å². The van der Waals surface area contributed by atoms with Crippen LogP contribution in [0.5, 0.6) is 46.0 Å². The van der Waals surface area contributed by atoms with Gasteiger partial charge >= 0.3 is 0 Å². The Morgan fingerprint density at radius 2 is 1.50 bits per heavy atom. The topological polar surface area (TPSA) is 157 Å². The van der Waals surface area contributed by atoms with Crippen LogP contribution >= 0.6 is 0 Å². The normalized spacial score (nSPS) is 18.6. The van der Waals surface area contributed by atoms with E-state index < -0.39 is 29.7 Å². The fraction of sp³-hybridized carbons (Fsp3) is 0.256. The number of hydrogen-bond donors (Lipinski definition) is 6. The number of rotatable bonds is 8. The van der Waals surface area contributed by atoms with Crippen molar-refractivity contribution in [2.45, 2.75) is 58.2 Å². The van der Waals surface area contributed by atoms with E-state index in [1.54, 1.807) is 18.2 Å². The molecule has 0 amide bonds. The highest BCUT2D eigenvalue weighted by Crippen LogP contribution is 2.54. The van der Waals surface area contributed by atoms with E-state index in [9.17, 15) is 35.4 Å². The van der Waals surface area contributed by atoms with E-state index in [1.807, 2.05) is 20.8 Å². The predicted molar refractivity (Wildman–Crippen MR) is 179 cm³/mol. The lowest BCUT2D eigenvalue weighted by Gasteiger charge is -2.30.